The Bertz CT molecular complexity index is 874. The van der Waals surface area contributed by atoms with Gasteiger partial charge in [0.2, 0.25) is 0 Å². The van der Waals surface area contributed by atoms with Crippen LogP contribution >= 0.6 is 23.1 Å². The van der Waals surface area contributed by atoms with Gasteiger partial charge in [-0.25, -0.2) is 4.98 Å². The van der Waals surface area contributed by atoms with E-state index in [4.69, 9.17) is 4.74 Å². The maximum Gasteiger partial charge on any atom is 0.261 e. The highest BCUT2D eigenvalue weighted by Gasteiger charge is 2.15. The Kier molecular flexibility index (Phi) is 4.54. The molecule has 0 aliphatic rings. The van der Waals surface area contributed by atoms with Crippen molar-refractivity contribution in [2.75, 3.05) is 18.7 Å². The lowest BCUT2D eigenvalue weighted by Gasteiger charge is -2.09. The molecular weight excluding hydrogens is 328 g/mol. The maximum absolute atomic E-state index is 12.5. The van der Waals surface area contributed by atoms with Gasteiger partial charge < -0.3 is 4.74 Å². The molecule has 0 aliphatic heterocycles. The fourth-order valence-corrected chi connectivity index (χ4v) is 3.62. The Morgan fingerprint density at radius 2 is 2.09 bits per heavy atom. The molecular formula is C17H16N2O2S2. The molecule has 0 aliphatic carbocycles. The third-order valence-electron chi connectivity index (χ3n) is 3.42. The molecule has 0 saturated carbocycles. The molecule has 2 aromatic carbocycles. The predicted octanol–water partition coefficient (Wildman–Crippen LogP) is 4.59. The number of hydrogen-bond donors (Lipinski definition) is 1. The van der Waals surface area contributed by atoms with Crippen LogP contribution in [0.1, 0.15) is 15.9 Å². The third kappa shape index (κ3) is 3.33. The van der Waals surface area contributed by atoms with E-state index in [0.29, 0.717) is 16.4 Å². The number of ether oxygens (including phenoxy) is 1. The number of fused-ring (bicyclic) bond motifs is 1. The lowest BCUT2D eigenvalue weighted by molar-refractivity contribution is 0.102. The number of nitrogens with one attached hydrogen (secondary N) is 1. The van der Waals surface area contributed by atoms with Crippen LogP contribution in [0.15, 0.2) is 41.3 Å². The van der Waals surface area contributed by atoms with Crippen LogP contribution < -0.4 is 10.1 Å². The summed E-state index contributed by atoms with van der Waals surface area (Å²) in [5.74, 6) is 0.344. The summed E-state index contributed by atoms with van der Waals surface area (Å²) in [6.07, 6.45) is 1.98. The van der Waals surface area contributed by atoms with Crippen LogP contribution in [0.2, 0.25) is 0 Å². The van der Waals surface area contributed by atoms with E-state index in [9.17, 15) is 4.79 Å². The smallest absolute Gasteiger partial charge is 0.261 e. The lowest BCUT2D eigenvalue weighted by Crippen LogP contribution is -2.13. The summed E-state index contributed by atoms with van der Waals surface area (Å²) in [7, 11) is 1.57. The third-order valence-corrected chi connectivity index (χ3v) is 5.08. The normalized spacial score (nSPS) is 10.7. The van der Waals surface area contributed by atoms with Gasteiger partial charge in [-0.1, -0.05) is 17.4 Å². The Hall–Kier alpha value is -2.05. The molecule has 6 heteroatoms. The van der Waals surface area contributed by atoms with Gasteiger partial charge in [0.05, 0.1) is 22.9 Å². The molecule has 118 valence electrons. The van der Waals surface area contributed by atoms with E-state index in [2.05, 4.69) is 16.4 Å². The predicted molar refractivity (Wildman–Crippen MR) is 97.1 cm³/mol. The van der Waals surface area contributed by atoms with E-state index in [1.54, 1.807) is 24.9 Å². The van der Waals surface area contributed by atoms with Crippen LogP contribution in [0.3, 0.4) is 0 Å². The van der Waals surface area contributed by atoms with Crippen LogP contribution in [-0.4, -0.2) is 24.3 Å². The van der Waals surface area contributed by atoms with Crippen molar-refractivity contribution in [3.05, 3.63) is 47.5 Å². The molecule has 1 N–H and O–H groups in total. The van der Waals surface area contributed by atoms with Crippen LogP contribution in [0.5, 0.6) is 5.75 Å². The van der Waals surface area contributed by atoms with Gasteiger partial charge in [-0.15, -0.1) is 11.8 Å². The quantitative estimate of drug-likeness (QED) is 0.704. The van der Waals surface area contributed by atoms with E-state index in [1.807, 2.05) is 37.4 Å². The van der Waals surface area contributed by atoms with Gasteiger partial charge in [0.15, 0.2) is 5.13 Å². The van der Waals surface area contributed by atoms with Crippen molar-refractivity contribution >= 4 is 44.4 Å². The van der Waals surface area contributed by atoms with E-state index >= 15 is 0 Å². The average Bonchev–Trinajstić information content (AvgIpc) is 2.95. The SMILES string of the molecule is COc1cc(SC)ccc1C(=O)Nc1nc2ccc(C)cc2s1. The first kappa shape index (κ1) is 15.8. The molecule has 0 bridgehead atoms. The summed E-state index contributed by atoms with van der Waals surface area (Å²) in [6, 6.07) is 11.6. The second-order valence-electron chi connectivity index (χ2n) is 5.01. The number of aromatic nitrogens is 1. The molecule has 0 saturated heterocycles. The molecule has 1 amide bonds. The number of rotatable bonds is 4. The summed E-state index contributed by atoms with van der Waals surface area (Å²) in [5, 5.41) is 3.45. The second kappa shape index (κ2) is 6.60. The first-order chi connectivity index (χ1) is 11.1. The molecule has 0 spiro atoms. The molecule has 0 radical (unpaired) electrons. The standard InChI is InChI=1S/C17H16N2O2S2/c1-10-4-7-13-15(8-10)23-17(18-13)19-16(20)12-6-5-11(22-3)9-14(12)21-2/h4-9H,1-3H3,(H,18,19,20). The monoisotopic (exact) mass is 344 g/mol. The summed E-state index contributed by atoms with van der Waals surface area (Å²) in [4.78, 5) is 18.0. The second-order valence-corrected chi connectivity index (χ2v) is 6.92. The zero-order valence-corrected chi connectivity index (χ0v) is 14.7. The average molecular weight is 344 g/mol. The van der Waals surface area contributed by atoms with Gasteiger partial charge in [0.1, 0.15) is 5.75 Å². The fourth-order valence-electron chi connectivity index (χ4n) is 2.24. The van der Waals surface area contributed by atoms with Crippen molar-refractivity contribution in [1.82, 2.24) is 4.98 Å². The van der Waals surface area contributed by atoms with Crippen LogP contribution in [0, 0.1) is 6.92 Å². The molecule has 0 unspecified atom stereocenters. The molecule has 0 atom stereocenters. The summed E-state index contributed by atoms with van der Waals surface area (Å²) in [5.41, 5.74) is 2.56. The number of hydrogen-bond acceptors (Lipinski definition) is 5. The van der Waals surface area contributed by atoms with E-state index < -0.39 is 0 Å². The van der Waals surface area contributed by atoms with E-state index in [1.165, 1.54) is 16.9 Å². The number of aryl methyl sites for hydroxylation is 1. The van der Waals surface area contributed by atoms with Crippen molar-refractivity contribution in [3.63, 3.8) is 0 Å². The highest BCUT2D eigenvalue weighted by atomic mass is 32.2. The topological polar surface area (TPSA) is 51.2 Å². The Labute approximate surface area is 142 Å². The van der Waals surface area contributed by atoms with Gasteiger partial charge in [-0.05, 0) is 49.1 Å². The Morgan fingerprint density at radius 3 is 2.83 bits per heavy atom. The molecule has 23 heavy (non-hydrogen) atoms. The van der Waals surface area contributed by atoms with Crippen molar-refractivity contribution in [3.8, 4) is 5.75 Å². The number of amides is 1. The Morgan fingerprint density at radius 1 is 1.26 bits per heavy atom. The van der Waals surface area contributed by atoms with E-state index in [0.717, 1.165) is 15.1 Å². The van der Waals surface area contributed by atoms with Crippen LogP contribution in [0.25, 0.3) is 10.2 Å². The fraction of sp³-hybridized carbons (Fsp3) is 0.176. The van der Waals surface area contributed by atoms with Crippen LogP contribution in [-0.2, 0) is 0 Å². The first-order valence-corrected chi connectivity index (χ1v) is 9.05. The van der Waals surface area contributed by atoms with Gasteiger partial charge >= 0.3 is 0 Å². The van der Waals surface area contributed by atoms with Gasteiger partial charge in [-0.2, -0.15) is 0 Å². The zero-order chi connectivity index (χ0) is 16.4. The molecule has 3 aromatic rings. The number of benzene rings is 2. The largest absolute Gasteiger partial charge is 0.496 e. The van der Waals surface area contributed by atoms with Crippen molar-refractivity contribution < 1.29 is 9.53 Å². The minimum Gasteiger partial charge on any atom is -0.496 e. The molecule has 3 rings (SSSR count). The number of thioether (sulfide) groups is 1. The molecule has 4 nitrogen and oxygen atoms in total. The first-order valence-electron chi connectivity index (χ1n) is 7.01. The molecule has 0 fully saturated rings. The molecule has 1 aromatic heterocycles. The van der Waals surface area contributed by atoms with Gasteiger partial charge in [-0.3, -0.25) is 10.1 Å². The minimum atomic E-state index is -0.217. The summed E-state index contributed by atoms with van der Waals surface area (Å²) >= 11 is 3.07. The van der Waals surface area contributed by atoms with Gasteiger partial charge in [0, 0.05) is 4.90 Å². The summed E-state index contributed by atoms with van der Waals surface area (Å²) in [6.45, 7) is 2.04. The van der Waals surface area contributed by atoms with Crippen molar-refractivity contribution in [1.29, 1.82) is 0 Å². The Balaban J connectivity index is 1.88. The number of anilines is 1. The van der Waals surface area contributed by atoms with Crippen molar-refractivity contribution in [2.24, 2.45) is 0 Å². The highest BCUT2D eigenvalue weighted by molar-refractivity contribution is 7.98. The van der Waals surface area contributed by atoms with Crippen molar-refractivity contribution in [2.45, 2.75) is 11.8 Å². The zero-order valence-electron chi connectivity index (χ0n) is 13.0. The number of thiazole rings is 1. The highest BCUT2D eigenvalue weighted by Crippen LogP contribution is 2.29. The minimum absolute atomic E-state index is 0.217. The number of methoxy groups -OCH3 is 1. The number of nitrogens with zero attached hydrogens (tertiary/aromatic N) is 1. The van der Waals surface area contributed by atoms with E-state index in [-0.39, 0.29) is 5.91 Å². The number of carbonyl (C=O) groups excluding carboxylic acids is 1. The van der Waals surface area contributed by atoms with Crippen LogP contribution in [0.4, 0.5) is 5.13 Å². The van der Waals surface area contributed by atoms with Gasteiger partial charge in [0.25, 0.3) is 5.91 Å². The maximum atomic E-state index is 12.5. The molecule has 1 heterocycles. The lowest BCUT2D eigenvalue weighted by atomic mass is 10.2. The number of carbonyl (C=O) groups is 1. The summed E-state index contributed by atoms with van der Waals surface area (Å²) < 4.78 is 6.39.